The number of benzene rings is 2. The van der Waals surface area contributed by atoms with E-state index in [1.54, 1.807) is 36.4 Å². The Hall–Kier alpha value is -3.80. The second-order valence-corrected chi connectivity index (χ2v) is 10.5. The van der Waals surface area contributed by atoms with Crippen LogP contribution in [0.2, 0.25) is 0 Å². The normalized spacial score (nSPS) is 30.7. The molecule has 6 nitrogen and oxygen atoms in total. The highest BCUT2D eigenvalue weighted by molar-refractivity contribution is 6.22. The Balaban J connectivity index is 1.45. The highest BCUT2D eigenvalue weighted by Crippen LogP contribution is 2.53. The average Bonchev–Trinajstić information content (AvgIpc) is 2.86. The Morgan fingerprint density at radius 1 is 0.500 bits per heavy atom. The molecule has 6 heteroatoms. The molecular weight excluding hydrogens is 452 g/mol. The Kier molecular flexibility index (Phi) is 4.94. The van der Waals surface area contributed by atoms with Gasteiger partial charge in [-0.3, -0.25) is 19.2 Å². The van der Waals surface area contributed by atoms with Gasteiger partial charge in [-0.15, -0.1) is 0 Å². The van der Waals surface area contributed by atoms with E-state index in [0.717, 1.165) is 22.3 Å². The molecule has 2 aliphatic carbocycles. The molecule has 4 aliphatic rings. The minimum Gasteiger partial charge on any atom is -0.273 e. The summed E-state index contributed by atoms with van der Waals surface area (Å²) in [6.45, 7) is 7.74. The second kappa shape index (κ2) is 7.85. The SMILES string of the molecule is Cc1cccc(N2C(=O)[C@H]3C=C[C@H]4C(=O)N(c5cccc(C)c5C)C(=O)[C@@H]5C=C[C@@H](C2=O)C3C45)c1C. The third kappa shape index (κ3) is 2.90. The van der Waals surface area contributed by atoms with Crippen LogP contribution in [0, 0.1) is 63.2 Å². The molecule has 6 atom stereocenters. The van der Waals surface area contributed by atoms with Crippen LogP contribution in [0.15, 0.2) is 60.7 Å². The number of rotatable bonds is 2. The number of carbonyl (C=O) groups is 4. The topological polar surface area (TPSA) is 74.8 Å². The molecule has 4 amide bonds. The average molecular weight is 481 g/mol. The summed E-state index contributed by atoms with van der Waals surface area (Å²) in [5.74, 6) is -4.20. The summed E-state index contributed by atoms with van der Waals surface area (Å²) in [7, 11) is 0. The molecular formula is C30H28N2O4. The quantitative estimate of drug-likeness (QED) is 0.477. The van der Waals surface area contributed by atoms with Gasteiger partial charge in [-0.25, -0.2) is 9.80 Å². The third-order valence-corrected chi connectivity index (χ3v) is 8.81. The van der Waals surface area contributed by atoms with Gasteiger partial charge in [0.25, 0.3) is 0 Å². The van der Waals surface area contributed by atoms with E-state index in [-0.39, 0.29) is 23.6 Å². The standard InChI is InChI=1S/C30H28N2O4/c1-15-7-5-9-23(17(15)3)31-27(33)19-11-13-21-26-22(14-12-20(25(19)26)28(31)34)30(36)32(29(21)35)24-10-6-8-16(2)18(24)4/h5-14,19-22,25-26H,1-4H3/t19-,20-,21-,22+,25?,26?/m1/s1. The number of piperidine rings is 2. The molecule has 6 rings (SSSR count). The predicted octanol–water partition coefficient (Wildman–Crippen LogP) is 4.20. The lowest BCUT2D eigenvalue weighted by Gasteiger charge is -2.53. The summed E-state index contributed by atoms with van der Waals surface area (Å²) >= 11 is 0. The Bertz CT molecular complexity index is 1260. The molecule has 0 bridgehead atoms. The molecule has 2 heterocycles. The van der Waals surface area contributed by atoms with Crippen LogP contribution < -0.4 is 9.80 Å². The first-order valence-corrected chi connectivity index (χ1v) is 12.5. The summed E-state index contributed by atoms with van der Waals surface area (Å²) in [6, 6.07) is 11.2. The Morgan fingerprint density at radius 3 is 1.11 bits per heavy atom. The minimum absolute atomic E-state index is 0.282. The maximum atomic E-state index is 13.8. The van der Waals surface area contributed by atoms with Gasteiger partial charge in [-0.05, 0) is 73.9 Å². The maximum absolute atomic E-state index is 13.8. The molecule has 0 radical (unpaired) electrons. The summed E-state index contributed by atoms with van der Waals surface area (Å²) in [6.07, 6.45) is 7.21. The van der Waals surface area contributed by atoms with Crippen molar-refractivity contribution >= 4 is 35.0 Å². The number of aryl methyl sites for hydroxylation is 2. The molecule has 0 spiro atoms. The third-order valence-electron chi connectivity index (χ3n) is 8.81. The molecule has 0 saturated carbocycles. The fraction of sp³-hybridized carbons (Fsp3) is 0.333. The zero-order chi connectivity index (χ0) is 25.5. The lowest BCUT2D eigenvalue weighted by atomic mass is 9.55. The lowest BCUT2D eigenvalue weighted by molar-refractivity contribution is -0.148. The van der Waals surface area contributed by atoms with Gasteiger partial charge in [-0.1, -0.05) is 48.6 Å². The monoisotopic (exact) mass is 480 g/mol. The van der Waals surface area contributed by atoms with Crippen LogP contribution in [0.3, 0.4) is 0 Å². The van der Waals surface area contributed by atoms with E-state index in [2.05, 4.69) is 0 Å². The van der Waals surface area contributed by atoms with Crippen molar-refractivity contribution in [2.75, 3.05) is 9.80 Å². The van der Waals surface area contributed by atoms with Crippen LogP contribution in [0.5, 0.6) is 0 Å². The summed E-state index contributed by atoms with van der Waals surface area (Å²) in [5, 5.41) is 0. The fourth-order valence-corrected chi connectivity index (χ4v) is 6.63. The zero-order valence-electron chi connectivity index (χ0n) is 20.8. The van der Waals surface area contributed by atoms with E-state index in [0.29, 0.717) is 11.4 Å². The van der Waals surface area contributed by atoms with Gasteiger partial charge in [0.2, 0.25) is 23.6 Å². The second-order valence-electron chi connectivity index (χ2n) is 10.5. The van der Waals surface area contributed by atoms with Gasteiger partial charge >= 0.3 is 0 Å². The molecule has 2 fully saturated rings. The molecule has 2 aliphatic heterocycles. The molecule has 0 aromatic heterocycles. The van der Waals surface area contributed by atoms with Gasteiger partial charge in [0.05, 0.1) is 35.0 Å². The number of hydrogen-bond donors (Lipinski definition) is 0. The van der Waals surface area contributed by atoms with Crippen molar-refractivity contribution in [2.24, 2.45) is 35.5 Å². The van der Waals surface area contributed by atoms with E-state index in [1.165, 1.54) is 9.80 Å². The van der Waals surface area contributed by atoms with Crippen molar-refractivity contribution in [1.82, 2.24) is 0 Å². The van der Waals surface area contributed by atoms with Gasteiger partial charge in [0.1, 0.15) is 0 Å². The molecule has 2 aromatic rings. The van der Waals surface area contributed by atoms with E-state index in [1.807, 2.05) is 52.0 Å². The first-order chi connectivity index (χ1) is 17.2. The van der Waals surface area contributed by atoms with Crippen molar-refractivity contribution in [2.45, 2.75) is 27.7 Å². The van der Waals surface area contributed by atoms with Gasteiger partial charge in [0, 0.05) is 0 Å². The van der Waals surface area contributed by atoms with Crippen molar-refractivity contribution < 1.29 is 19.2 Å². The highest BCUT2D eigenvalue weighted by atomic mass is 16.2. The van der Waals surface area contributed by atoms with Gasteiger partial charge < -0.3 is 0 Å². The minimum atomic E-state index is -0.561. The molecule has 2 saturated heterocycles. The summed E-state index contributed by atoms with van der Waals surface area (Å²) in [4.78, 5) is 57.7. The van der Waals surface area contributed by atoms with Crippen LogP contribution in [-0.4, -0.2) is 23.6 Å². The van der Waals surface area contributed by atoms with Gasteiger partial charge in [0.15, 0.2) is 0 Å². The first kappa shape index (κ1) is 22.7. The first-order valence-electron chi connectivity index (χ1n) is 12.5. The van der Waals surface area contributed by atoms with E-state index < -0.39 is 35.5 Å². The fourth-order valence-electron chi connectivity index (χ4n) is 6.63. The van der Waals surface area contributed by atoms with Crippen molar-refractivity contribution in [1.29, 1.82) is 0 Å². The highest BCUT2D eigenvalue weighted by Gasteiger charge is 2.61. The molecule has 36 heavy (non-hydrogen) atoms. The Labute approximate surface area is 210 Å². The van der Waals surface area contributed by atoms with Crippen LogP contribution in [0.25, 0.3) is 0 Å². The van der Waals surface area contributed by atoms with Crippen LogP contribution in [0.1, 0.15) is 22.3 Å². The number of carbonyl (C=O) groups excluding carboxylic acids is 4. The maximum Gasteiger partial charge on any atom is 0.241 e. The summed E-state index contributed by atoms with van der Waals surface area (Å²) in [5.41, 5.74) is 4.99. The zero-order valence-corrected chi connectivity index (χ0v) is 20.8. The van der Waals surface area contributed by atoms with Crippen molar-refractivity contribution in [3.05, 3.63) is 83.0 Å². The molecule has 2 unspecified atom stereocenters. The number of hydrogen-bond acceptors (Lipinski definition) is 4. The predicted molar refractivity (Wildman–Crippen MR) is 136 cm³/mol. The number of amides is 4. The summed E-state index contributed by atoms with van der Waals surface area (Å²) < 4.78 is 0. The lowest BCUT2D eigenvalue weighted by Crippen LogP contribution is -2.64. The molecule has 182 valence electrons. The largest absolute Gasteiger partial charge is 0.273 e. The van der Waals surface area contributed by atoms with E-state index >= 15 is 0 Å². The van der Waals surface area contributed by atoms with E-state index in [4.69, 9.17) is 0 Å². The smallest absolute Gasteiger partial charge is 0.241 e. The Morgan fingerprint density at radius 2 is 0.806 bits per heavy atom. The number of anilines is 2. The number of imide groups is 2. The molecule has 2 aromatic carbocycles. The van der Waals surface area contributed by atoms with E-state index in [9.17, 15) is 19.2 Å². The number of nitrogens with zero attached hydrogens (tertiary/aromatic N) is 2. The van der Waals surface area contributed by atoms with Crippen LogP contribution in [-0.2, 0) is 19.2 Å². The van der Waals surface area contributed by atoms with Crippen molar-refractivity contribution in [3.63, 3.8) is 0 Å². The van der Waals surface area contributed by atoms with Gasteiger partial charge in [-0.2, -0.15) is 0 Å². The van der Waals surface area contributed by atoms with Crippen LogP contribution in [0.4, 0.5) is 11.4 Å². The van der Waals surface area contributed by atoms with Crippen molar-refractivity contribution in [3.8, 4) is 0 Å². The van der Waals surface area contributed by atoms with Crippen LogP contribution >= 0.6 is 0 Å². The molecule has 0 N–H and O–H groups in total.